The van der Waals surface area contributed by atoms with Crippen molar-refractivity contribution in [2.24, 2.45) is 5.73 Å². The molecule has 0 radical (unpaired) electrons. The van der Waals surface area contributed by atoms with Gasteiger partial charge < -0.3 is 10.5 Å². The van der Waals surface area contributed by atoms with E-state index in [1.54, 1.807) is 13.3 Å². The van der Waals surface area contributed by atoms with Gasteiger partial charge in [-0.25, -0.2) is 0 Å². The molecule has 88 valence electrons. The number of rotatable bonds is 3. The Morgan fingerprint density at radius 2 is 2.00 bits per heavy atom. The fraction of sp³-hybridized carbons (Fsp3) is 0.154. The van der Waals surface area contributed by atoms with Gasteiger partial charge in [0.05, 0.1) is 19.0 Å². The predicted octanol–water partition coefficient (Wildman–Crippen LogP) is 2.87. The lowest BCUT2D eigenvalue weighted by Crippen LogP contribution is -2.01. The van der Waals surface area contributed by atoms with Crippen LogP contribution in [0.2, 0.25) is 5.02 Å². The number of hydrogen-bond acceptors (Lipinski definition) is 3. The van der Waals surface area contributed by atoms with Gasteiger partial charge >= 0.3 is 0 Å². The van der Waals surface area contributed by atoms with E-state index < -0.39 is 0 Å². The summed E-state index contributed by atoms with van der Waals surface area (Å²) in [5.41, 5.74) is 8.48. The van der Waals surface area contributed by atoms with Gasteiger partial charge in [-0.1, -0.05) is 23.7 Å². The SMILES string of the molecule is COc1cnc(-c2ccc(Cl)cc2)cc1CN. The maximum absolute atomic E-state index is 5.84. The highest BCUT2D eigenvalue weighted by Gasteiger charge is 2.05. The lowest BCUT2D eigenvalue weighted by molar-refractivity contribution is 0.408. The van der Waals surface area contributed by atoms with Gasteiger partial charge in [0.1, 0.15) is 5.75 Å². The first-order valence-electron chi connectivity index (χ1n) is 5.23. The van der Waals surface area contributed by atoms with Crippen molar-refractivity contribution in [1.82, 2.24) is 4.98 Å². The van der Waals surface area contributed by atoms with E-state index >= 15 is 0 Å². The van der Waals surface area contributed by atoms with Crippen LogP contribution in [0.15, 0.2) is 36.5 Å². The van der Waals surface area contributed by atoms with Crippen molar-refractivity contribution in [2.75, 3.05) is 7.11 Å². The largest absolute Gasteiger partial charge is 0.495 e. The molecule has 1 aromatic carbocycles. The van der Waals surface area contributed by atoms with E-state index in [1.807, 2.05) is 30.3 Å². The summed E-state index contributed by atoms with van der Waals surface area (Å²) in [4.78, 5) is 4.33. The molecule has 0 atom stereocenters. The lowest BCUT2D eigenvalue weighted by Gasteiger charge is -2.08. The van der Waals surface area contributed by atoms with E-state index in [0.29, 0.717) is 17.3 Å². The fourth-order valence-electron chi connectivity index (χ4n) is 1.61. The summed E-state index contributed by atoms with van der Waals surface area (Å²) in [6.07, 6.45) is 1.69. The normalized spacial score (nSPS) is 10.3. The van der Waals surface area contributed by atoms with Gasteiger partial charge in [-0.05, 0) is 18.2 Å². The number of halogens is 1. The Morgan fingerprint density at radius 1 is 1.29 bits per heavy atom. The highest BCUT2D eigenvalue weighted by molar-refractivity contribution is 6.30. The molecule has 3 nitrogen and oxygen atoms in total. The van der Waals surface area contributed by atoms with Crippen molar-refractivity contribution in [3.63, 3.8) is 0 Å². The molecule has 0 aliphatic rings. The van der Waals surface area contributed by atoms with Crippen molar-refractivity contribution in [3.8, 4) is 17.0 Å². The van der Waals surface area contributed by atoms with Gasteiger partial charge in [0.25, 0.3) is 0 Å². The van der Waals surface area contributed by atoms with E-state index in [1.165, 1.54) is 0 Å². The summed E-state index contributed by atoms with van der Waals surface area (Å²) in [7, 11) is 1.61. The fourth-order valence-corrected chi connectivity index (χ4v) is 1.73. The maximum atomic E-state index is 5.84. The molecular formula is C13H13ClN2O. The maximum Gasteiger partial charge on any atom is 0.141 e. The topological polar surface area (TPSA) is 48.1 Å². The molecule has 0 spiro atoms. The zero-order chi connectivity index (χ0) is 12.3. The number of ether oxygens (including phenoxy) is 1. The Balaban J connectivity index is 2.42. The molecule has 2 N–H and O–H groups in total. The van der Waals surface area contributed by atoms with Gasteiger partial charge in [0.2, 0.25) is 0 Å². The third-order valence-corrected chi connectivity index (χ3v) is 2.78. The molecule has 0 saturated heterocycles. The molecular weight excluding hydrogens is 236 g/mol. The molecule has 0 unspecified atom stereocenters. The van der Waals surface area contributed by atoms with Crippen LogP contribution in [0, 0.1) is 0 Å². The number of pyridine rings is 1. The molecule has 0 saturated carbocycles. The number of nitrogens with two attached hydrogens (primary N) is 1. The van der Waals surface area contributed by atoms with E-state index in [-0.39, 0.29) is 0 Å². The second-order valence-electron chi connectivity index (χ2n) is 3.59. The van der Waals surface area contributed by atoms with Gasteiger partial charge in [-0.2, -0.15) is 0 Å². The Morgan fingerprint density at radius 3 is 2.59 bits per heavy atom. The van der Waals surface area contributed by atoms with Gasteiger partial charge in [-0.15, -0.1) is 0 Å². The molecule has 0 aliphatic heterocycles. The third kappa shape index (κ3) is 2.57. The van der Waals surface area contributed by atoms with Crippen LogP contribution in [0.3, 0.4) is 0 Å². The Labute approximate surface area is 105 Å². The van der Waals surface area contributed by atoms with Crippen molar-refractivity contribution in [1.29, 1.82) is 0 Å². The summed E-state index contributed by atoms with van der Waals surface area (Å²) in [6, 6.07) is 9.47. The Kier molecular flexibility index (Phi) is 3.61. The Hall–Kier alpha value is -1.58. The highest BCUT2D eigenvalue weighted by Crippen LogP contribution is 2.24. The molecule has 0 bridgehead atoms. The molecule has 4 heteroatoms. The number of nitrogens with zero attached hydrogens (tertiary/aromatic N) is 1. The summed E-state index contributed by atoms with van der Waals surface area (Å²) >= 11 is 5.84. The van der Waals surface area contributed by atoms with Crippen molar-refractivity contribution in [2.45, 2.75) is 6.54 Å². The molecule has 1 aromatic heterocycles. The summed E-state index contributed by atoms with van der Waals surface area (Å²) in [5, 5.41) is 0.710. The van der Waals surface area contributed by atoms with Crippen molar-refractivity contribution < 1.29 is 4.74 Å². The van der Waals surface area contributed by atoms with Crippen LogP contribution < -0.4 is 10.5 Å². The lowest BCUT2D eigenvalue weighted by atomic mass is 10.1. The van der Waals surface area contributed by atoms with Crippen LogP contribution in [0.4, 0.5) is 0 Å². The average Bonchev–Trinajstić information content (AvgIpc) is 2.39. The van der Waals surface area contributed by atoms with Crippen molar-refractivity contribution >= 4 is 11.6 Å². The first kappa shape index (κ1) is 11.9. The van der Waals surface area contributed by atoms with Gasteiger partial charge in [0, 0.05) is 22.7 Å². The van der Waals surface area contributed by atoms with E-state index in [0.717, 1.165) is 16.8 Å². The van der Waals surface area contributed by atoms with E-state index in [4.69, 9.17) is 22.1 Å². The predicted molar refractivity (Wildman–Crippen MR) is 69.1 cm³/mol. The molecule has 2 aromatic rings. The second kappa shape index (κ2) is 5.17. The van der Waals surface area contributed by atoms with Crippen LogP contribution in [0.5, 0.6) is 5.75 Å². The molecule has 0 aliphatic carbocycles. The number of aromatic nitrogens is 1. The monoisotopic (exact) mass is 248 g/mol. The molecule has 2 rings (SSSR count). The van der Waals surface area contributed by atoms with Crippen molar-refractivity contribution in [3.05, 3.63) is 47.1 Å². The van der Waals surface area contributed by atoms with Crippen LogP contribution in [-0.4, -0.2) is 12.1 Å². The van der Waals surface area contributed by atoms with E-state index in [9.17, 15) is 0 Å². The summed E-state index contributed by atoms with van der Waals surface area (Å²) in [5.74, 6) is 0.713. The molecule has 0 fully saturated rings. The molecule has 1 heterocycles. The van der Waals surface area contributed by atoms with Crippen LogP contribution in [0.25, 0.3) is 11.3 Å². The minimum Gasteiger partial charge on any atom is -0.495 e. The standard InChI is InChI=1S/C13H13ClN2O/c1-17-13-8-16-12(6-10(13)7-15)9-2-4-11(14)5-3-9/h2-6,8H,7,15H2,1H3. The number of methoxy groups -OCH3 is 1. The zero-order valence-corrected chi connectivity index (χ0v) is 10.2. The molecule has 17 heavy (non-hydrogen) atoms. The first-order chi connectivity index (χ1) is 8.24. The Bertz CT molecular complexity index is 511. The van der Waals surface area contributed by atoms with E-state index in [2.05, 4.69) is 4.98 Å². The minimum atomic E-state index is 0.423. The zero-order valence-electron chi connectivity index (χ0n) is 9.48. The molecule has 0 amide bonds. The smallest absolute Gasteiger partial charge is 0.141 e. The van der Waals surface area contributed by atoms with Crippen LogP contribution in [-0.2, 0) is 6.54 Å². The number of benzene rings is 1. The minimum absolute atomic E-state index is 0.423. The van der Waals surface area contributed by atoms with Crippen LogP contribution >= 0.6 is 11.6 Å². The first-order valence-corrected chi connectivity index (χ1v) is 5.61. The third-order valence-electron chi connectivity index (χ3n) is 2.53. The second-order valence-corrected chi connectivity index (χ2v) is 4.03. The van der Waals surface area contributed by atoms with Gasteiger partial charge in [0.15, 0.2) is 0 Å². The summed E-state index contributed by atoms with van der Waals surface area (Å²) in [6.45, 7) is 0.423. The quantitative estimate of drug-likeness (QED) is 0.909. The average molecular weight is 249 g/mol. The van der Waals surface area contributed by atoms with Crippen LogP contribution in [0.1, 0.15) is 5.56 Å². The van der Waals surface area contributed by atoms with Gasteiger partial charge in [-0.3, -0.25) is 4.98 Å². The number of hydrogen-bond donors (Lipinski definition) is 1. The highest BCUT2D eigenvalue weighted by atomic mass is 35.5. The summed E-state index contributed by atoms with van der Waals surface area (Å²) < 4.78 is 5.18.